The van der Waals surface area contributed by atoms with Crippen molar-refractivity contribution >= 4 is 0 Å². The molecule has 2 N–H and O–H groups in total. The second kappa shape index (κ2) is 25.9. The summed E-state index contributed by atoms with van der Waals surface area (Å²) in [5, 5.41) is 0. The average Bonchev–Trinajstić information content (AvgIpc) is 2.68. The van der Waals surface area contributed by atoms with Gasteiger partial charge in [-0.05, 0) is 19.4 Å². The number of ether oxygens (including phenoxy) is 1. The average molecular weight is 384 g/mol. The van der Waals surface area contributed by atoms with E-state index in [9.17, 15) is 0 Å². The van der Waals surface area contributed by atoms with Gasteiger partial charge in [-0.3, -0.25) is 0 Å². The van der Waals surface area contributed by atoms with Gasteiger partial charge < -0.3 is 10.5 Å². The molecule has 0 aromatic rings. The lowest BCUT2D eigenvalue weighted by Crippen LogP contribution is -2.04. The van der Waals surface area contributed by atoms with Crippen LogP contribution in [0.2, 0.25) is 0 Å². The summed E-state index contributed by atoms with van der Waals surface area (Å²) in [6.07, 6.45) is 29.7. The molecule has 0 aromatic carbocycles. The van der Waals surface area contributed by atoms with Crippen LogP contribution in [0.25, 0.3) is 0 Å². The standard InChI is InChI=1S/C25H53NO/c1-2-3-4-5-6-7-8-9-10-11-12-13-14-15-16-17-18-19-20-21-24-27-25-22-23-26/h2-26H2,1H3. The van der Waals surface area contributed by atoms with Crippen LogP contribution in [0.3, 0.4) is 0 Å². The van der Waals surface area contributed by atoms with E-state index in [0.717, 1.165) is 26.2 Å². The molecular weight excluding hydrogens is 330 g/mol. The highest BCUT2D eigenvalue weighted by molar-refractivity contribution is 4.51. The molecule has 0 saturated heterocycles. The first-order valence-corrected chi connectivity index (χ1v) is 12.7. The fraction of sp³-hybridized carbons (Fsp3) is 1.00. The van der Waals surface area contributed by atoms with Crippen LogP contribution in [0.15, 0.2) is 0 Å². The molecule has 0 bridgehead atoms. The minimum Gasteiger partial charge on any atom is -0.381 e. The van der Waals surface area contributed by atoms with Crippen LogP contribution in [0, 0.1) is 0 Å². The number of unbranched alkanes of at least 4 members (excludes halogenated alkanes) is 19. The summed E-state index contributed by atoms with van der Waals surface area (Å²) in [4.78, 5) is 0. The van der Waals surface area contributed by atoms with Gasteiger partial charge in [0, 0.05) is 13.2 Å². The van der Waals surface area contributed by atoms with E-state index in [-0.39, 0.29) is 0 Å². The molecule has 0 aromatic heterocycles. The van der Waals surface area contributed by atoms with E-state index < -0.39 is 0 Å². The Labute approximate surface area is 172 Å². The highest BCUT2D eigenvalue weighted by Crippen LogP contribution is 2.14. The number of rotatable bonds is 24. The molecule has 0 heterocycles. The van der Waals surface area contributed by atoms with E-state index in [1.54, 1.807) is 0 Å². The van der Waals surface area contributed by atoms with Gasteiger partial charge in [0.15, 0.2) is 0 Å². The molecule has 0 aliphatic carbocycles. The third-order valence-electron chi connectivity index (χ3n) is 5.64. The Morgan fingerprint density at radius 3 is 1.04 bits per heavy atom. The number of nitrogens with two attached hydrogens (primary N) is 1. The summed E-state index contributed by atoms with van der Waals surface area (Å²) in [5.41, 5.74) is 5.44. The van der Waals surface area contributed by atoms with Crippen molar-refractivity contribution in [2.24, 2.45) is 5.73 Å². The molecule has 0 radical (unpaired) electrons. The fourth-order valence-corrected chi connectivity index (χ4v) is 3.75. The fourth-order valence-electron chi connectivity index (χ4n) is 3.75. The quantitative estimate of drug-likeness (QED) is 0.171. The molecule has 0 rings (SSSR count). The van der Waals surface area contributed by atoms with Crippen molar-refractivity contribution in [1.82, 2.24) is 0 Å². The smallest absolute Gasteiger partial charge is 0.0478 e. The highest BCUT2D eigenvalue weighted by atomic mass is 16.5. The molecule has 0 saturated carbocycles. The van der Waals surface area contributed by atoms with Crippen molar-refractivity contribution in [2.75, 3.05) is 19.8 Å². The highest BCUT2D eigenvalue weighted by Gasteiger charge is 1.95. The van der Waals surface area contributed by atoms with E-state index in [4.69, 9.17) is 10.5 Å². The van der Waals surface area contributed by atoms with Crippen molar-refractivity contribution in [3.05, 3.63) is 0 Å². The minimum absolute atomic E-state index is 0.749. The molecule has 27 heavy (non-hydrogen) atoms. The zero-order valence-corrected chi connectivity index (χ0v) is 19.0. The van der Waals surface area contributed by atoms with E-state index in [2.05, 4.69) is 6.92 Å². The molecule has 0 amide bonds. The molecule has 0 unspecified atom stereocenters. The minimum atomic E-state index is 0.749. The van der Waals surface area contributed by atoms with E-state index in [1.165, 1.54) is 128 Å². The maximum absolute atomic E-state index is 5.53. The number of hydrogen-bond donors (Lipinski definition) is 1. The van der Waals surface area contributed by atoms with Crippen LogP contribution < -0.4 is 5.73 Å². The molecular formula is C25H53NO. The molecule has 2 heteroatoms. The van der Waals surface area contributed by atoms with Gasteiger partial charge in [-0.25, -0.2) is 0 Å². The third-order valence-corrected chi connectivity index (χ3v) is 5.64. The zero-order chi connectivity index (χ0) is 19.7. The zero-order valence-electron chi connectivity index (χ0n) is 19.0. The van der Waals surface area contributed by atoms with E-state index in [1.807, 2.05) is 0 Å². The van der Waals surface area contributed by atoms with Gasteiger partial charge in [0.25, 0.3) is 0 Å². The summed E-state index contributed by atoms with van der Waals surface area (Å²) in [6.45, 7) is 4.82. The van der Waals surface area contributed by atoms with Gasteiger partial charge in [0.05, 0.1) is 0 Å². The molecule has 0 fully saturated rings. The van der Waals surface area contributed by atoms with Crippen molar-refractivity contribution in [3.8, 4) is 0 Å². The molecule has 0 atom stereocenters. The largest absolute Gasteiger partial charge is 0.381 e. The van der Waals surface area contributed by atoms with Crippen molar-refractivity contribution in [1.29, 1.82) is 0 Å². The topological polar surface area (TPSA) is 35.2 Å². The lowest BCUT2D eigenvalue weighted by Gasteiger charge is -2.04. The van der Waals surface area contributed by atoms with E-state index in [0.29, 0.717) is 0 Å². The maximum atomic E-state index is 5.53. The van der Waals surface area contributed by atoms with E-state index >= 15 is 0 Å². The molecule has 164 valence electrons. The van der Waals surface area contributed by atoms with Crippen LogP contribution in [-0.4, -0.2) is 19.8 Å². The van der Waals surface area contributed by atoms with Gasteiger partial charge in [-0.1, -0.05) is 129 Å². The molecule has 2 nitrogen and oxygen atoms in total. The Morgan fingerprint density at radius 1 is 0.407 bits per heavy atom. The van der Waals surface area contributed by atoms with Crippen LogP contribution >= 0.6 is 0 Å². The van der Waals surface area contributed by atoms with Gasteiger partial charge >= 0.3 is 0 Å². The monoisotopic (exact) mass is 383 g/mol. The Bertz CT molecular complexity index is 220. The molecule has 0 spiro atoms. The predicted molar refractivity (Wildman–Crippen MR) is 123 cm³/mol. The van der Waals surface area contributed by atoms with Crippen molar-refractivity contribution < 1.29 is 4.74 Å². The Balaban J connectivity index is 2.95. The van der Waals surface area contributed by atoms with Crippen LogP contribution in [0.4, 0.5) is 0 Å². The van der Waals surface area contributed by atoms with Crippen molar-refractivity contribution in [3.63, 3.8) is 0 Å². The molecule has 0 aliphatic rings. The molecule has 0 aliphatic heterocycles. The summed E-state index contributed by atoms with van der Waals surface area (Å²) < 4.78 is 5.53. The number of hydrogen-bond acceptors (Lipinski definition) is 2. The third kappa shape index (κ3) is 25.9. The normalized spacial score (nSPS) is 11.3. The van der Waals surface area contributed by atoms with Crippen LogP contribution in [0.1, 0.15) is 142 Å². The lowest BCUT2D eigenvalue weighted by atomic mass is 10.0. The Hall–Kier alpha value is -0.0800. The first-order chi connectivity index (χ1) is 13.4. The first-order valence-electron chi connectivity index (χ1n) is 12.7. The van der Waals surface area contributed by atoms with Gasteiger partial charge in [0.2, 0.25) is 0 Å². The van der Waals surface area contributed by atoms with Crippen LogP contribution in [0.5, 0.6) is 0 Å². The summed E-state index contributed by atoms with van der Waals surface area (Å²) in [6, 6.07) is 0. The SMILES string of the molecule is CCCCCCCCCCCCCCCCCCCCCCOCCCN. The Morgan fingerprint density at radius 2 is 0.704 bits per heavy atom. The summed E-state index contributed by atoms with van der Waals surface area (Å²) >= 11 is 0. The summed E-state index contributed by atoms with van der Waals surface area (Å²) in [7, 11) is 0. The van der Waals surface area contributed by atoms with Gasteiger partial charge in [-0.2, -0.15) is 0 Å². The lowest BCUT2D eigenvalue weighted by molar-refractivity contribution is 0.129. The maximum Gasteiger partial charge on any atom is 0.0478 e. The van der Waals surface area contributed by atoms with Crippen molar-refractivity contribution in [2.45, 2.75) is 142 Å². The van der Waals surface area contributed by atoms with Crippen LogP contribution in [-0.2, 0) is 4.74 Å². The second-order valence-electron chi connectivity index (χ2n) is 8.47. The van der Waals surface area contributed by atoms with Gasteiger partial charge in [0.1, 0.15) is 0 Å². The summed E-state index contributed by atoms with van der Waals surface area (Å²) in [5.74, 6) is 0. The van der Waals surface area contributed by atoms with Gasteiger partial charge in [-0.15, -0.1) is 0 Å². The predicted octanol–water partition coefficient (Wildman–Crippen LogP) is 8.17. The first kappa shape index (κ1) is 26.9. The second-order valence-corrected chi connectivity index (χ2v) is 8.47. The Kier molecular flexibility index (Phi) is 25.8.